The van der Waals surface area contributed by atoms with Gasteiger partial charge in [-0.3, -0.25) is 4.79 Å². The van der Waals surface area contributed by atoms with Gasteiger partial charge in [0, 0.05) is 6.07 Å². The molecule has 7 heteroatoms. The summed E-state index contributed by atoms with van der Waals surface area (Å²) < 4.78 is 26.0. The number of benzene rings is 1. The lowest BCUT2D eigenvalue weighted by Gasteiger charge is -2.06. The van der Waals surface area contributed by atoms with E-state index >= 15 is 0 Å². The van der Waals surface area contributed by atoms with E-state index in [1.54, 1.807) is 12.1 Å². The van der Waals surface area contributed by atoms with Crippen molar-refractivity contribution < 1.29 is 13.6 Å². The highest BCUT2D eigenvalue weighted by Gasteiger charge is 2.08. The first-order chi connectivity index (χ1) is 9.54. The average Bonchev–Trinajstić information content (AvgIpc) is 2.41. The zero-order chi connectivity index (χ0) is 14.5. The molecule has 0 radical (unpaired) electrons. The second kappa shape index (κ2) is 6.33. The number of anilines is 2. The van der Waals surface area contributed by atoms with Crippen molar-refractivity contribution in [1.29, 1.82) is 0 Å². The number of rotatable bonds is 4. The van der Waals surface area contributed by atoms with Gasteiger partial charge in [-0.1, -0.05) is 11.8 Å². The third-order valence-electron chi connectivity index (χ3n) is 2.32. The Morgan fingerprint density at radius 1 is 1.30 bits per heavy atom. The number of halogens is 2. The molecule has 0 bridgehead atoms. The fourth-order valence-electron chi connectivity index (χ4n) is 1.39. The molecule has 1 aromatic heterocycles. The lowest BCUT2D eigenvalue weighted by Crippen LogP contribution is -2.15. The van der Waals surface area contributed by atoms with Crippen LogP contribution in [0, 0.1) is 11.6 Å². The maximum Gasteiger partial charge on any atom is 0.234 e. The van der Waals surface area contributed by atoms with Gasteiger partial charge in [0.1, 0.15) is 11.6 Å². The molecule has 104 valence electrons. The van der Waals surface area contributed by atoms with E-state index in [0.717, 1.165) is 6.07 Å². The number of thioether (sulfide) groups is 1. The van der Waals surface area contributed by atoms with E-state index in [1.165, 1.54) is 24.0 Å². The van der Waals surface area contributed by atoms with Gasteiger partial charge in [0.05, 0.1) is 28.4 Å². The van der Waals surface area contributed by atoms with Crippen LogP contribution < -0.4 is 11.1 Å². The zero-order valence-corrected chi connectivity index (χ0v) is 11.1. The molecule has 0 saturated carbocycles. The summed E-state index contributed by atoms with van der Waals surface area (Å²) in [5.74, 6) is -1.85. The van der Waals surface area contributed by atoms with Crippen molar-refractivity contribution >= 4 is 29.0 Å². The van der Waals surface area contributed by atoms with Crippen LogP contribution in [0.1, 0.15) is 0 Å². The molecule has 0 fully saturated rings. The molecule has 0 saturated heterocycles. The normalized spacial score (nSPS) is 10.3. The number of nitrogen functional groups attached to an aromatic ring is 1. The molecule has 0 aliphatic rings. The maximum atomic E-state index is 13.3. The third kappa shape index (κ3) is 3.92. The van der Waals surface area contributed by atoms with Crippen LogP contribution in [0.2, 0.25) is 0 Å². The molecule has 1 heterocycles. The van der Waals surface area contributed by atoms with E-state index in [2.05, 4.69) is 10.3 Å². The predicted molar refractivity (Wildman–Crippen MR) is 74.4 cm³/mol. The Balaban J connectivity index is 1.90. The molecule has 0 atom stereocenters. The van der Waals surface area contributed by atoms with Crippen LogP contribution in [-0.4, -0.2) is 16.6 Å². The van der Waals surface area contributed by atoms with Gasteiger partial charge in [0.2, 0.25) is 5.91 Å². The SMILES string of the molecule is Nc1ccc(SCC(=O)Nc2ccc(F)cc2F)nc1. The summed E-state index contributed by atoms with van der Waals surface area (Å²) in [6.07, 6.45) is 1.49. The summed E-state index contributed by atoms with van der Waals surface area (Å²) in [5, 5.41) is 3.00. The van der Waals surface area contributed by atoms with E-state index < -0.39 is 17.5 Å². The highest BCUT2D eigenvalue weighted by molar-refractivity contribution is 7.99. The number of hydrogen-bond acceptors (Lipinski definition) is 4. The van der Waals surface area contributed by atoms with Crippen LogP contribution in [0.25, 0.3) is 0 Å². The van der Waals surface area contributed by atoms with Crippen molar-refractivity contribution in [3.05, 3.63) is 48.2 Å². The zero-order valence-electron chi connectivity index (χ0n) is 10.3. The first kappa shape index (κ1) is 14.3. The van der Waals surface area contributed by atoms with Gasteiger partial charge >= 0.3 is 0 Å². The van der Waals surface area contributed by atoms with E-state index in [-0.39, 0.29) is 11.4 Å². The van der Waals surface area contributed by atoms with Crippen LogP contribution >= 0.6 is 11.8 Å². The standard InChI is InChI=1S/C13H11F2N3OS/c14-8-1-3-11(10(15)5-8)18-12(19)7-20-13-4-2-9(16)6-17-13/h1-6H,7,16H2,(H,18,19). The smallest absolute Gasteiger partial charge is 0.234 e. The van der Waals surface area contributed by atoms with E-state index in [9.17, 15) is 13.6 Å². The Bertz CT molecular complexity index is 620. The summed E-state index contributed by atoms with van der Waals surface area (Å²) in [5.41, 5.74) is 5.97. The topological polar surface area (TPSA) is 68.0 Å². The number of pyridine rings is 1. The molecular formula is C13H11F2N3OS. The van der Waals surface area contributed by atoms with Gasteiger partial charge in [0.15, 0.2) is 0 Å². The van der Waals surface area contributed by atoms with Crippen LogP contribution in [0.5, 0.6) is 0 Å². The molecule has 1 aromatic carbocycles. The van der Waals surface area contributed by atoms with Crippen molar-refractivity contribution in [3.8, 4) is 0 Å². The number of nitrogens with one attached hydrogen (secondary N) is 1. The fraction of sp³-hybridized carbons (Fsp3) is 0.0769. The summed E-state index contributed by atoms with van der Waals surface area (Å²) >= 11 is 1.19. The van der Waals surface area contributed by atoms with E-state index in [1.807, 2.05) is 0 Å². The highest BCUT2D eigenvalue weighted by atomic mass is 32.2. The molecule has 20 heavy (non-hydrogen) atoms. The second-order valence-corrected chi connectivity index (χ2v) is 4.89. The number of hydrogen-bond donors (Lipinski definition) is 2. The molecular weight excluding hydrogens is 284 g/mol. The second-order valence-electron chi connectivity index (χ2n) is 3.89. The average molecular weight is 295 g/mol. The molecule has 2 rings (SSSR count). The highest BCUT2D eigenvalue weighted by Crippen LogP contribution is 2.18. The Labute approximate surface area is 118 Å². The monoisotopic (exact) mass is 295 g/mol. The van der Waals surface area contributed by atoms with Gasteiger partial charge < -0.3 is 11.1 Å². The molecule has 0 aliphatic carbocycles. The van der Waals surface area contributed by atoms with E-state index in [4.69, 9.17) is 5.73 Å². The van der Waals surface area contributed by atoms with E-state index in [0.29, 0.717) is 16.8 Å². The predicted octanol–water partition coefficient (Wildman–Crippen LogP) is 2.67. The van der Waals surface area contributed by atoms with Crippen LogP contribution in [-0.2, 0) is 4.79 Å². The van der Waals surface area contributed by atoms with Crippen molar-refractivity contribution in [2.24, 2.45) is 0 Å². The van der Waals surface area contributed by atoms with Crippen LogP contribution in [0.3, 0.4) is 0 Å². The summed E-state index contributed by atoms with van der Waals surface area (Å²) in [7, 11) is 0. The lowest BCUT2D eigenvalue weighted by molar-refractivity contribution is -0.113. The van der Waals surface area contributed by atoms with Crippen molar-refractivity contribution in [2.75, 3.05) is 16.8 Å². The maximum absolute atomic E-state index is 13.3. The largest absolute Gasteiger partial charge is 0.397 e. The molecule has 2 aromatic rings. The van der Waals surface area contributed by atoms with Crippen molar-refractivity contribution in [3.63, 3.8) is 0 Å². The van der Waals surface area contributed by atoms with Gasteiger partial charge in [-0.05, 0) is 24.3 Å². The van der Waals surface area contributed by atoms with Crippen molar-refractivity contribution in [1.82, 2.24) is 4.98 Å². The number of carbonyl (C=O) groups is 1. The number of nitrogens with zero attached hydrogens (tertiary/aromatic N) is 1. The van der Waals surface area contributed by atoms with Crippen LogP contribution in [0.15, 0.2) is 41.6 Å². The molecule has 0 unspecified atom stereocenters. The number of amides is 1. The quantitative estimate of drug-likeness (QED) is 0.851. The first-order valence-electron chi connectivity index (χ1n) is 5.64. The Morgan fingerprint density at radius 2 is 2.10 bits per heavy atom. The Kier molecular flexibility index (Phi) is 4.52. The number of carbonyl (C=O) groups excluding carboxylic acids is 1. The van der Waals surface area contributed by atoms with Crippen molar-refractivity contribution in [2.45, 2.75) is 5.03 Å². The molecule has 0 aliphatic heterocycles. The molecule has 1 amide bonds. The third-order valence-corrected chi connectivity index (χ3v) is 3.26. The summed E-state index contributed by atoms with van der Waals surface area (Å²) in [6, 6.07) is 6.32. The summed E-state index contributed by atoms with van der Waals surface area (Å²) in [4.78, 5) is 15.7. The molecule has 4 nitrogen and oxygen atoms in total. The minimum Gasteiger partial charge on any atom is -0.397 e. The number of nitrogens with two attached hydrogens (primary N) is 1. The Hall–Kier alpha value is -2.15. The van der Waals surface area contributed by atoms with Gasteiger partial charge in [-0.2, -0.15) is 0 Å². The molecule has 3 N–H and O–H groups in total. The van der Waals surface area contributed by atoms with Gasteiger partial charge in [-0.15, -0.1) is 0 Å². The van der Waals surface area contributed by atoms with Crippen LogP contribution in [0.4, 0.5) is 20.2 Å². The van der Waals surface area contributed by atoms with Gasteiger partial charge in [0.25, 0.3) is 0 Å². The minimum atomic E-state index is -0.811. The minimum absolute atomic E-state index is 0.0535. The van der Waals surface area contributed by atoms with Gasteiger partial charge in [-0.25, -0.2) is 13.8 Å². The Morgan fingerprint density at radius 3 is 2.75 bits per heavy atom. The summed E-state index contributed by atoms with van der Waals surface area (Å²) in [6.45, 7) is 0. The fourth-order valence-corrected chi connectivity index (χ4v) is 2.04. The number of aromatic nitrogens is 1. The first-order valence-corrected chi connectivity index (χ1v) is 6.62. The molecule has 0 spiro atoms. The lowest BCUT2D eigenvalue weighted by atomic mass is 10.3.